The smallest absolute Gasteiger partial charge is 0.266 e. The minimum Gasteiger partial charge on any atom is -0.489 e. The van der Waals surface area contributed by atoms with Crippen LogP contribution in [-0.4, -0.2) is 24.9 Å². The average Bonchev–Trinajstić information content (AvgIpc) is 3.54. The van der Waals surface area contributed by atoms with Crippen LogP contribution in [0.3, 0.4) is 0 Å². The number of benzene rings is 4. The Labute approximate surface area is 263 Å². The molecule has 0 radical (unpaired) electrons. The summed E-state index contributed by atoms with van der Waals surface area (Å²) in [5.74, 6) is 0.576. The Morgan fingerprint density at radius 3 is 2.33 bits per heavy atom. The second kappa shape index (κ2) is 12.5. The molecule has 1 aliphatic rings. The lowest BCUT2D eigenvalue weighted by atomic mass is 10.1. The summed E-state index contributed by atoms with van der Waals surface area (Å²) >= 11 is 19.2. The van der Waals surface area contributed by atoms with Gasteiger partial charge in [0.2, 0.25) is 0 Å². The van der Waals surface area contributed by atoms with Gasteiger partial charge in [0.1, 0.15) is 16.7 Å². The lowest BCUT2D eigenvalue weighted by molar-refractivity contribution is -0.122. The van der Waals surface area contributed by atoms with E-state index in [1.165, 1.54) is 11.8 Å². The van der Waals surface area contributed by atoms with Gasteiger partial charge in [-0.05, 0) is 60.2 Å². The number of carbonyl (C=O) groups excluding carboxylic acids is 1. The Kier molecular flexibility index (Phi) is 8.44. The molecular formula is C33H23Cl2N3O2S2. The fourth-order valence-corrected chi connectivity index (χ4v) is 6.19. The summed E-state index contributed by atoms with van der Waals surface area (Å²) in [5, 5.41) is 6.04. The predicted octanol–water partition coefficient (Wildman–Crippen LogP) is 8.83. The molecule has 0 atom stereocenters. The van der Waals surface area contributed by atoms with Crippen LogP contribution in [0.1, 0.15) is 16.7 Å². The summed E-state index contributed by atoms with van der Waals surface area (Å²) < 4.78 is 8.32. The van der Waals surface area contributed by atoms with Crippen LogP contribution >= 0.6 is 47.2 Å². The van der Waals surface area contributed by atoms with Crippen LogP contribution in [0, 0.1) is 0 Å². The third-order valence-electron chi connectivity index (χ3n) is 6.64. The van der Waals surface area contributed by atoms with Crippen molar-refractivity contribution in [1.29, 1.82) is 0 Å². The molecule has 6 rings (SSSR count). The molecule has 0 saturated carbocycles. The number of hydrogen-bond acceptors (Lipinski definition) is 5. The number of aromatic nitrogens is 2. The van der Waals surface area contributed by atoms with Crippen LogP contribution in [-0.2, 0) is 17.9 Å². The highest BCUT2D eigenvalue weighted by atomic mass is 35.5. The van der Waals surface area contributed by atoms with Crippen LogP contribution in [0.15, 0.2) is 114 Å². The summed E-state index contributed by atoms with van der Waals surface area (Å²) in [7, 11) is 0. The molecule has 0 bridgehead atoms. The van der Waals surface area contributed by atoms with Crippen LogP contribution in [0.4, 0.5) is 0 Å². The molecule has 0 N–H and O–H groups in total. The van der Waals surface area contributed by atoms with E-state index in [-0.39, 0.29) is 5.91 Å². The number of thioether (sulfide) groups is 1. The van der Waals surface area contributed by atoms with Gasteiger partial charge in [-0.15, -0.1) is 0 Å². The Bertz CT molecular complexity index is 1790. The normalized spacial score (nSPS) is 14.1. The maximum Gasteiger partial charge on any atom is 0.266 e. The third-order valence-corrected chi connectivity index (χ3v) is 8.61. The van der Waals surface area contributed by atoms with Crippen LogP contribution in [0.5, 0.6) is 5.75 Å². The van der Waals surface area contributed by atoms with Crippen LogP contribution in [0.25, 0.3) is 23.0 Å². The fourth-order valence-electron chi connectivity index (χ4n) is 4.48. The number of ether oxygens (including phenoxy) is 1. The lowest BCUT2D eigenvalue weighted by Crippen LogP contribution is -2.27. The first-order chi connectivity index (χ1) is 20.4. The standard InChI is InChI=1S/C33H23Cl2N3O2S2/c34-26-14-11-24(29(35)18-26)21-40-28-15-12-23(13-16-28)31-25(20-38(36-31)27-9-5-2-6-10-27)17-30-32(39)37(33(41)42-30)19-22-7-3-1-4-8-22/h1-18,20H,19,21H2/b30-17-. The maximum absolute atomic E-state index is 13.4. The molecule has 4 aromatic carbocycles. The minimum absolute atomic E-state index is 0.114. The summed E-state index contributed by atoms with van der Waals surface area (Å²) in [6.45, 7) is 0.746. The zero-order valence-corrected chi connectivity index (χ0v) is 25.3. The van der Waals surface area contributed by atoms with Crippen LogP contribution in [0.2, 0.25) is 10.0 Å². The molecule has 5 nitrogen and oxygen atoms in total. The van der Waals surface area contributed by atoms with Crippen molar-refractivity contribution in [3.05, 3.63) is 141 Å². The molecule has 1 aromatic heterocycles. The fraction of sp³-hybridized carbons (Fsp3) is 0.0606. The van der Waals surface area contributed by atoms with Gasteiger partial charge in [0.15, 0.2) is 0 Å². The van der Waals surface area contributed by atoms with Gasteiger partial charge in [0.25, 0.3) is 5.91 Å². The van der Waals surface area contributed by atoms with E-state index in [1.54, 1.807) is 17.0 Å². The highest BCUT2D eigenvalue weighted by Gasteiger charge is 2.32. The first-order valence-corrected chi connectivity index (χ1v) is 15.0. The molecule has 0 aliphatic carbocycles. The average molecular weight is 629 g/mol. The highest BCUT2D eigenvalue weighted by Crippen LogP contribution is 2.36. The second-order valence-corrected chi connectivity index (χ2v) is 12.0. The van der Waals surface area contributed by atoms with Gasteiger partial charge in [-0.1, -0.05) is 102 Å². The Hall–Kier alpha value is -3.88. The Balaban J connectivity index is 1.28. The summed E-state index contributed by atoms with van der Waals surface area (Å²) in [6, 6.07) is 32.7. The summed E-state index contributed by atoms with van der Waals surface area (Å²) in [5.41, 5.74) is 5.20. The molecule has 42 heavy (non-hydrogen) atoms. The Morgan fingerprint density at radius 1 is 0.905 bits per heavy atom. The van der Waals surface area contributed by atoms with Gasteiger partial charge in [-0.2, -0.15) is 5.10 Å². The van der Waals surface area contributed by atoms with Gasteiger partial charge in [-0.3, -0.25) is 9.69 Å². The predicted molar refractivity (Wildman–Crippen MR) is 175 cm³/mol. The molecule has 208 valence electrons. The zero-order chi connectivity index (χ0) is 29.1. The van der Waals surface area contributed by atoms with Crippen molar-refractivity contribution >= 4 is 63.5 Å². The first kappa shape index (κ1) is 28.2. The van der Waals surface area contributed by atoms with E-state index in [9.17, 15) is 4.79 Å². The molecule has 1 aliphatic heterocycles. The van der Waals surface area contributed by atoms with Crippen molar-refractivity contribution in [3.63, 3.8) is 0 Å². The molecule has 1 saturated heterocycles. The molecule has 9 heteroatoms. The number of para-hydroxylation sites is 1. The zero-order valence-electron chi connectivity index (χ0n) is 22.1. The van der Waals surface area contributed by atoms with Gasteiger partial charge >= 0.3 is 0 Å². The number of thiocarbonyl (C=S) groups is 1. The SMILES string of the molecule is O=C1/C(=C/c2cn(-c3ccccc3)nc2-c2ccc(OCc3ccc(Cl)cc3Cl)cc2)SC(=S)N1Cc1ccccc1. The number of rotatable bonds is 8. The van der Waals surface area contributed by atoms with E-state index in [1.807, 2.05) is 108 Å². The van der Waals surface area contributed by atoms with Gasteiger partial charge in [0.05, 0.1) is 22.8 Å². The lowest BCUT2D eigenvalue weighted by Gasteiger charge is -2.14. The maximum atomic E-state index is 13.4. The summed E-state index contributed by atoms with van der Waals surface area (Å²) in [6.07, 6.45) is 3.81. The van der Waals surface area contributed by atoms with E-state index in [0.29, 0.717) is 38.2 Å². The van der Waals surface area contributed by atoms with Crippen molar-refractivity contribution in [2.45, 2.75) is 13.2 Å². The minimum atomic E-state index is -0.114. The quantitative estimate of drug-likeness (QED) is 0.127. The van der Waals surface area contributed by atoms with Gasteiger partial charge in [-0.25, -0.2) is 4.68 Å². The number of carbonyl (C=O) groups is 1. The highest BCUT2D eigenvalue weighted by molar-refractivity contribution is 8.26. The Morgan fingerprint density at radius 2 is 1.62 bits per heavy atom. The topological polar surface area (TPSA) is 47.4 Å². The second-order valence-electron chi connectivity index (χ2n) is 9.52. The van der Waals surface area contributed by atoms with E-state index in [2.05, 4.69) is 0 Å². The molecule has 0 spiro atoms. The van der Waals surface area contributed by atoms with E-state index in [4.69, 9.17) is 45.3 Å². The van der Waals surface area contributed by atoms with E-state index >= 15 is 0 Å². The number of halogens is 2. The van der Waals surface area contributed by atoms with Gasteiger partial charge < -0.3 is 4.74 Å². The number of hydrogen-bond donors (Lipinski definition) is 0. The van der Waals surface area contributed by atoms with Crippen molar-refractivity contribution in [3.8, 4) is 22.7 Å². The van der Waals surface area contributed by atoms with Crippen molar-refractivity contribution in [2.24, 2.45) is 0 Å². The van der Waals surface area contributed by atoms with Crippen molar-refractivity contribution in [1.82, 2.24) is 14.7 Å². The molecule has 1 fully saturated rings. The van der Waals surface area contributed by atoms with E-state index in [0.717, 1.165) is 33.6 Å². The molecule has 1 amide bonds. The molecular weight excluding hydrogens is 605 g/mol. The summed E-state index contributed by atoms with van der Waals surface area (Å²) in [4.78, 5) is 15.6. The largest absolute Gasteiger partial charge is 0.489 e. The van der Waals surface area contributed by atoms with Crippen molar-refractivity contribution in [2.75, 3.05) is 0 Å². The number of nitrogens with zero attached hydrogens (tertiary/aromatic N) is 3. The van der Waals surface area contributed by atoms with E-state index < -0.39 is 0 Å². The molecule has 5 aromatic rings. The van der Waals surface area contributed by atoms with Gasteiger partial charge in [0, 0.05) is 32.9 Å². The third kappa shape index (κ3) is 6.30. The molecule has 0 unspecified atom stereocenters. The van der Waals surface area contributed by atoms with Crippen molar-refractivity contribution < 1.29 is 9.53 Å². The number of amides is 1. The molecule has 2 heterocycles. The van der Waals surface area contributed by atoms with Crippen LogP contribution < -0.4 is 4.74 Å². The first-order valence-electron chi connectivity index (χ1n) is 13.1. The monoisotopic (exact) mass is 627 g/mol.